The van der Waals surface area contributed by atoms with Crippen molar-refractivity contribution in [2.75, 3.05) is 36.4 Å². The molecule has 0 spiro atoms. The molecule has 0 radical (unpaired) electrons. The van der Waals surface area contributed by atoms with Crippen molar-refractivity contribution in [3.8, 4) is 0 Å². The van der Waals surface area contributed by atoms with Gasteiger partial charge in [0.1, 0.15) is 0 Å². The topological polar surface area (TPSA) is 65.8 Å². The molecule has 1 fully saturated rings. The summed E-state index contributed by atoms with van der Waals surface area (Å²) in [5, 5.41) is 2.83. The van der Waals surface area contributed by atoms with Gasteiger partial charge in [-0.25, -0.2) is 0 Å². The van der Waals surface area contributed by atoms with Gasteiger partial charge in [0.2, 0.25) is 5.91 Å². The average Bonchev–Trinajstić information content (AvgIpc) is 3.22. The molecule has 162 valence electrons. The Hall–Kier alpha value is -2.76. The van der Waals surface area contributed by atoms with Gasteiger partial charge in [0.15, 0.2) is 5.76 Å². The van der Waals surface area contributed by atoms with Crippen LogP contribution in [0.2, 0.25) is 0 Å². The molecule has 0 saturated carbocycles. The number of hydrogen-bond acceptors (Lipinski definition) is 4. The van der Waals surface area contributed by atoms with E-state index < -0.39 is 0 Å². The number of carbonyl (C=O) groups is 2. The summed E-state index contributed by atoms with van der Waals surface area (Å²) in [6, 6.07) is 11.1. The number of nitrogens with zero attached hydrogens (tertiary/aromatic N) is 2. The molecule has 1 atom stereocenters. The quantitative estimate of drug-likeness (QED) is 0.752. The molecule has 30 heavy (non-hydrogen) atoms. The molecule has 1 aliphatic rings. The second-order valence-electron chi connectivity index (χ2n) is 9.42. The molecule has 1 aliphatic heterocycles. The summed E-state index contributed by atoms with van der Waals surface area (Å²) in [5.74, 6) is 0.694. The molecular weight excluding hydrogens is 378 g/mol. The lowest BCUT2D eigenvalue weighted by atomic mass is 9.84. The zero-order valence-electron chi connectivity index (χ0n) is 18.5. The van der Waals surface area contributed by atoms with Gasteiger partial charge in [0, 0.05) is 44.0 Å². The van der Waals surface area contributed by atoms with Gasteiger partial charge in [-0.3, -0.25) is 9.59 Å². The molecule has 1 N–H and O–H groups in total. The predicted octanol–water partition coefficient (Wildman–Crippen LogP) is 4.64. The smallest absolute Gasteiger partial charge is 0.291 e. The minimum absolute atomic E-state index is 0.252. The van der Waals surface area contributed by atoms with Crippen LogP contribution in [0, 0.1) is 11.3 Å². The van der Waals surface area contributed by atoms with Crippen LogP contribution in [-0.2, 0) is 4.79 Å². The third kappa shape index (κ3) is 6.12. The number of carbonyl (C=O) groups excluding carboxylic acids is 2. The predicted molar refractivity (Wildman–Crippen MR) is 120 cm³/mol. The Kier molecular flexibility index (Phi) is 6.85. The Morgan fingerprint density at radius 1 is 1.07 bits per heavy atom. The van der Waals surface area contributed by atoms with Gasteiger partial charge in [-0.15, -0.1) is 0 Å². The fraction of sp³-hybridized carbons (Fsp3) is 0.500. The van der Waals surface area contributed by atoms with Crippen molar-refractivity contribution < 1.29 is 14.0 Å². The summed E-state index contributed by atoms with van der Waals surface area (Å²) in [4.78, 5) is 29.0. The highest BCUT2D eigenvalue weighted by atomic mass is 16.3. The minimum atomic E-state index is -0.263. The van der Waals surface area contributed by atoms with Gasteiger partial charge in [-0.1, -0.05) is 27.7 Å². The second-order valence-corrected chi connectivity index (χ2v) is 9.42. The Morgan fingerprint density at radius 3 is 2.30 bits per heavy atom. The highest BCUT2D eigenvalue weighted by molar-refractivity contribution is 6.02. The lowest BCUT2D eigenvalue weighted by molar-refractivity contribution is -0.132. The molecule has 2 heterocycles. The first-order valence-electron chi connectivity index (χ1n) is 10.7. The van der Waals surface area contributed by atoms with E-state index in [1.54, 1.807) is 12.1 Å². The van der Waals surface area contributed by atoms with Crippen molar-refractivity contribution >= 4 is 23.2 Å². The molecular formula is C24H33N3O3. The molecule has 1 aromatic carbocycles. The van der Waals surface area contributed by atoms with Crippen LogP contribution in [0.25, 0.3) is 0 Å². The van der Waals surface area contributed by atoms with E-state index in [0.29, 0.717) is 12.3 Å². The van der Waals surface area contributed by atoms with Crippen molar-refractivity contribution in [2.45, 2.75) is 40.5 Å². The summed E-state index contributed by atoms with van der Waals surface area (Å²) < 4.78 is 5.11. The second kappa shape index (κ2) is 9.37. The van der Waals surface area contributed by atoms with Gasteiger partial charge in [0.25, 0.3) is 5.91 Å². The molecule has 6 nitrogen and oxygen atoms in total. The molecule has 1 unspecified atom stereocenters. The summed E-state index contributed by atoms with van der Waals surface area (Å²) in [6.07, 6.45) is 3.16. The maximum atomic E-state index is 12.6. The third-order valence-electron chi connectivity index (χ3n) is 5.35. The van der Waals surface area contributed by atoms with Crippen LogP contribution < -0.4 is 10.2 Å². The Bertz CT molecular complexity index is 830. The maximum absolute atomic E-state index is 12.6. The first-order chi connectivity index (χ1) is 14.2. The highest BCUT2D eigenvalue weighted by Gasteiger charge is 2.24. The molecule has 3 rings (SSSR count). The summed E-state index contributed by atoms with van der Waals surface area (Å²) in [6.45, 7) is 12.0. The van der Waals surface area contributed by atoms with E-state index in [0.717, 1.165) is 44.0 Å². The van der Waals surface area contributed by atoms with E-state index in [2.05, 4.69) is 37.9 Å². The molecule has 0 bridgehead atoms. The monoisotopic (exact) mass is 411 g/mol. The standard InChI is InChI=1S/C24H33N3O3/c1-18(17-24(2,3)4)16-22(28)27-13-11-26(12-14-27)20-9-7-19(8-10-20)25-23(29)21-6-5-15-30-21/h5-10,15,18H,11-14,16-17H2,1-4H3,(H,25,29). The number of benzene rings is 1. The fourth-order valence-electron chi connectivity index (χ4n) is 4.11. The zero-order valence-corrected chi connectivity index (χ0v) is 18.5. The van der Waals surface area contributed by atoms with E-state index in [1.807, 2.05) is 29.2 Å². The Labute approximate surface area is 179 Å². The normalized spacial score (nSPS) is 15.7. The summed E-state index contributed by atoms with van der Waals surface area (Å²) in [5.41, 5.74) is 2.07. The lowest BCUT2D eigenvalue weighted by Crippen LogP contribution is -2.49. The van der Waals surface area contributed by atoms with Gasteiger partial charge in [0.05, 0.1) is 6.26 Å². The van der Waals surface area contributed by atoms with E-state index in [4.69, 9.17) is 4.42 Å². The third-order valence-corrected chi connectivity index (χ3v) is 5.35. The number of hydrogen-bond donors (Lipinski definition) is 1. The van der Waals surface area contributed by atoms with Gasteiger partial charge >= 0.3 is 0 Å². The molecule has 6 heteroatoms. The molecule has 2 amide bonds. The van der Waals surface area contributed by atoms with Crippen molar-refractivity contribution in [1.82, 2.24) is 4.90 Å². The lowest BCUT2D eigenvalue weighted by Gasteiger charge is -2.37. The van der Waals surface area contributed by atoms with Crippen molar-refractivity contribution in [3.63, 3.8) is 0 Å². The summed E-state index contributed by atoms with van der Waals surface area (Å²) >= 11 is 0. The summed E-state index contributed by atoms with van der Waals surface area (Å²) in [7, 11) is 0. The van der Waals surface area contributed by atoms with Gasteiger partial charge in [-0.05, 0) is 54.2 Å². The molecule has 1 saturated heterocycles. The van der Waals surface area contributed by atoms with Crippen molar-refractivity contribution in [1.29, 1.82) is 0 Å². The van der Waals surface area contributed by atoms with E-state index in [1.165, 1.54) is 6.26 Å². The first kappa shape index (κ1) is 21.9. The number of anilines is 2. The van der Waals surface area contributed by atoms with E-state index in [-0.39, 0.29) is 23.0 Å². The first-order valence-corrected chi connectivity index (χ1v) is 10.7. The van der Waals surface area contributed by atoms with E-state index in [9.17, 15) is 9.59 Å². The van der Waals surface area contributed by atoms with Crippen LogP contribution in [0.5, 0.6) is 0 Å². The number of rotatable bonds is 6. The number of amides is 2. The van der Waals surface area contributed by atoms with Crippen LogP contribution in [0.1, 0.15) is 51.1 Å². The highest BCUT2D eigenvalue weighted by Crippen LogP contribution is 2.27. The van der Waals surface area contributed by atoms with Crippen molar-refractivity contribution in [3.05, 3.63) is 48.4 Å². The number of nitrogens with one attached hydrogen (secondary N) is 1. The SMILES string of the molecule is CC(CC(=O)N1CCN(c2ccc(NC(=O)c3ccco3)cc2)CC1)CC(C)(C)C. The van der Waals surface area contributed by atoms with Crippen molar-refractivity contribution in [2.24, 2.45) is 11.3 Å². The van der Waals surface area contributed by atoms with Crippen LogP contribution >= 0.6 is 0 Å². The Morgan fingerprint density at radius 2 is 1.73 bits per heavy atom. The largest absolute Gasteiger partial charge is 0.459 e. The molecule has 0 aliphatic carbocycles. The zero-order chi connectivity index (χ0) is 21.7. The number of piperazine rings is 1. The average molecular weight is 412 g/mol. The maximum Gasteiger partial charge on any atom is 0.291 e. The van der Waals surface area contributed by atoms with Gasteiger partial charge in [-0.2, -0.15) is 0 Å². The molecule has 2 aromatic rings. The fourth-order valence-corrected chi connectivity index (χ4v) is 4.11. The minimum Gasteiger partial charge on any atom is -0.459 e. The number of furan rings is 1. The van der Waals surface area contributed by atoms with Crippen LogP contribution in [-0.4, -0.2) is 42.9 Å². The van der Waals surface area contributed by atoms with Crippen LogP contribution in [0.15, 0.2) is 47.1 Å². The Balaban J connectivity index is 1.47. The van der Waals surface area contributed by atoms with Gasteiger partial charge < -0.3 is 19.5 Å². The van der Waals surface area contributed by atoms with Crippen LogP contribution in [0.4, 0.5) is 11.4 Å². The molecule has 1 aromatic heterocycles. The van der Waals surface area contributed by atoms with E-state index >= 15 is 0 Å². The van der Waals surface area contributed by atoms with Crippen LogP contribution in [0.3, 0.4) is 0 Å².